The number of ether oxygens (including phenoxy) is 3. The highest BCUT2D eigenvalue weighted by atomic mass is 19.1. The van der Waals surface area contributed by atoms with Crippen molar-refractivity contribution in [3.8, 4) is 17.2 Å². The molecule has 3 aromatic carbocycles. The van der Waals surface area contributed by atoms with Gasteiger partial charge in [0.05, 0.1) is 18.7 Å². The van der Waals surface area contributed by atoms with Crippen LogP contribution in [0.5, 0.6) is 17.2 Å². The Balaban J connectivity index is 1.28. The van der Waals surface area contributed by atoms with Crippen molar-refractivity contribution >= 4 is 34.0 Å². The van der Waals surface area contributed by atoms with Gasteiger partial charge >= 0.3 is 6.03 Å². The van der Waals surface area contributed by atoms with Crippen LogP contribution in [0.4, 0.5) is 26.2 Å². The van der Waals surface area contributed by atoms with Gasteiger partial charge in [-0.15, -0.1) is 0 Å². The lowest BCUT2D eigenvalue weighted by Gasteiger charge is -2.12. The fraction of sp³-hybridized carbons (Fsp3) is 0.115. The topological polar surface area (TPSA) is 89.4 Å². The summed E-state index contributed by atoms with van der Waals surface area (Å²) in [6.45, 7) is 8.58. The van der Waals surface area contributed by atoms with E-state index in [0.29, 0.717) is 58.4 Å². The highest BCUT2D eigenvalue weighted by Crippen LogP contribution is 2.37. The quantitative estimate of drug-likeness (QED) is 0.250. The molecule has 8 nitrogen and oxygen atoms in total. The Kier molecular flexibility index (Phi) is 6.11. The van der Waals surface area contributed by atoms with Crippen LogP contribution in [0.3, 0.4) is 0 Å². The van der Waals surface area contributed by atoms with Gasteiger partial charge in [-0.2, -0.15) is 0 Å². The molecule has 1 aliphatic rings. The number of epoxide rings is 1. The largest absolute Gasteiger partial charge is 0.502 e. The van der Waals surface area contributed by atoms with E-state index in [-0.39, 0.29) is 11.9 Å². The Morgan fingerprint density at radius 1 is 1.06 bits per heavy atom. The number of rotatable bonds is 7. The molecule has 1 atom stereocenters. The minimum Gasteiger partial charge on any atom is -0.502 e. The molecule has 2 amide bonds. The highest BCUT2D eigenvalue weighted by molar-refractivity contribution is 5.99. The van der Waals surface area contributed by atoms with Crippen molar-refractivity contribution in [3.05, 3.63) is 90.2 Å². The summed E-state index contributed by atoms with van der Waals surface area (Å²) in [7, 11) is 0. The molecule has 0 aliphatic carbocycles. The standard InChI is InChI=1S/C26H19FN4O4/c1-28-23-12-21-22(13-25(23)34-15-20-14-33-20)29-11-10-24(21)35-19-8-6-18(7-9-19)31-26(32)30-17-4-2-16(27)3-5-17/h2-13,20H,14-15H2,(H2,30,31,32)/t20-/m1/s1. The first-order valence-electron chi connectivity index (χ1n) is 10.7. The molecule has 4 aromatic rings. The second-order valence-corrected chi connectivity index (χ2v) is 7.74. The van der Waals surface area contributed by atoms with E-state index in [1.54, 1.807) is 48.7 Å². The lowest BCUT2D eigenvalue weighted by Crippen LogP contribution is -2.19. The number of hydrogen-bond donors (Lipinski definition) is 2. The summed E-state index contributed by atoms with van der Waals surface area (Å²) in [5.41, 5.74) is 2.02. The van der Waals surface area contributed by atoms with Crippen LogP contribution in [-0.2, 0) is 4.74 Å². The smallest absolute Gasteiger partial charge is 0.323 e. The molecule has 0 spiro atoms. The number of halogens is 1. The van der Waals surface area contributed by atoms with Gasteiger partial charge in [-0.05, 0) is 66.7 Å². The van der Waals surface area contributed by atoms with E-state index in [1.807, 2.05) is 0 Å². The van der Waals surface area contributed by atoms with E-state index in [9.17, 15) is 9.18 Å². The third-order valence-electron chi connectivity index (χ3n) is 5.17. The molecular weight excluding hydrogens is 451 g/mol. The Hall–Kier alpha value is -4.68. The minimum atomic E-state index is -0.455. The van der Waals surface area contributed by atoms with Crippen LogP contribution in [0.1, 0.15) is 0 Å². The number of amides is 2. The highest BCUT2D eigenvalue weighted by Gasteiger charge is 2.24. The maximum Gasteiger partial charge on any atom is 0.323 e. The first kappa shape index (κ1) is 22.1. The van der Waals surface area contributed by atoms with Crippen molar-refractivity contribution in [3.63, 3.8) is 0 Å². The number of anilines is 2. The molecule has 174 valence electrons. The van der Waals surface area contributed by atoms with Crippen LogP contribution in [0.25, 0.3) is 15.7 Å². The molecule has 1 aliphatic heterocycles. The van der Waals surface area contributed by atoms with Gasteiger partial charge in [0.1, 0.15) is 35.8 Å². The Morgan fingerprint density at radius 3 is 2.40 bits per heavy atom. The number of benzene rings is 3. The maximum absolute atomic E-state index is 13.0. The molecule has 2 heterocycles. The SMILES string of the molecule is [C-]#[N+]c1cc2c(Oc3ccc(NC(=O)Nc4ccc(F)cc4)cc3)ccnc2cc1OC[C@H]1CO1. The van der Waals surface area contributed by atoms with E-state index in [4.69, 9.17) is 20.8 Å². The lowest BCUT2D eigenvalue weighted by atomic mass is 10.1. The average molecular weight is 470 g/mol. The second kappa shape index (κ2) is 9.67. The van der Waals surface area contributed by atoms with Crippen molar-refractivity contribution in [2.24, 2.45) is 0 Å². The molecule has 0 unspecified atom stereocenters. The number of nitrogens with zero attached hydrogens (tertiary/aromatic N) is 2. The van der Waals surface area contributed by atoms with Crippen molar-refractivity contribution in [1.82, 2.24) is 4.98 Å². The maximum atomic E-state index is 13.0. The molecular formula is C26H19FN4O4. The normalized spacial score (nSPS) is 14.1. The number of pyridine rings is 1. The van der Waals surface area contributed by atoms with Crippen molar-refractivity contribution < 1.29 is 23.4 Å². The zero-order valence-electron chi connectivity index (χ0n) is 18.3. The van der Waals surface area contributed by atoms with Crippen molar-refractivity contribution in [1.29, 1.82) is 0 Å². The minimum absolute atomic E-state index is 0.0818. The zero-order valence-corrected chi connectivity index (χ0v) is 18.3. The summed E-state index contributed by atoms with van der Waals surface area (Å²) in [5, 5.41) is 6.01. The Bertz CT molecular complexity index is 1410. The Morgan fingerprint density at radius 2 is 1.74 bits per heavy atom. The number of urea groups is 1. The van der Waals surface area contributed by atoms with E-state index in [2.05, 4.69) is 20.5 Å². The lowest BCUT2D eigenvalue weighted by molar-refractivity contribution is 0.262. The molecule has 5 rings (SSSR count). The second-order valence-electron chi connectivity index (χ2n) is 7.74. The number of carbonyl (C=O) groups is 1. The summed E-state index contributed by atoms with van der Waals surface area (Å²) < 4.78 is 29.9. The molecule has 0 radical (unpaired) electrons. The zero-order chi connectivity index (χ0) is 24.2. The van der Waals surface area contributed by atoms with Crippen LogP contribution < -0.4 is 20.1 Å². The molecule has 2 N–H and O–H groups in total. The molecule has 9 heteroatoms. The van der Waals surface area contributed by atoms with Gasteiger partial charge < -0.3 is 24.8 Å². The predicted molar refractivity (Wildman–Crippen MR) is 129 cm³/mol. The summed E-state index contributed by atoms with van der Waals surface area (Å²) in [6, 6.07) is 17.0. The van der Waals surface area contributed by atoms with E-state index in [1.165, 1.54) is 24.3 Å². The molecule has 1 aromatic heterocycles. The fourth-order valence-corrected chi connectivity index (χ4v) is 3.34. The number of aromatic nitrogens is 1. The predicted octanol–water partition coefficient (Wildman–Crippen LogP) is 6.14. The van der Waals surface area contributed by atoms with Crippen LogP contribution >= 0.6 is 0 Å². The summed E-state index contributed by atoms with van der Waals surface area (Å²) >= 11 is 0. The summed E-state index contributed by atoms with van der Waals surface area (Å²) in [4.78, 5) is 20.1. The van der Waals surface area contributed by atoms with Gasteiger partial charge in [-0.3, -0.25) is 4.98 Å². The Labute approximate surface area is 200 Å². The van der Waals surface area contributed by atoms with E-state index >= 15 is 0 Å². The first-order chi connectivity index (χ1) is 17.1. The van der Waals surface area contributed by atoms with Gasteiger partial charge in [0, 0.05) is 23.0 Å². The number of carbonyl (C=O) groups excluding carboxylic acids is 1. The molecule has 0 bridgehead atoms. The van der Waals surface area contributed by atoms with Crippen LogP contribution in [0.2, 0.25) is 0 Å². The van der Waals surface area contributed by atoms with E-state index in [0.717, 1.165) is 0 Å². The van der Waals surface area contributed by atoms with Gasteiger partial charge in [0.2, 0.25) is 5.69 Å². The van der Waals surface area contributed by atoms with Crippen molar-refractivity contribution in [2.45, 2.75) is 6.10 Å². The van der Waals surface area contributed by atoms with Crippen LogP contribution in [-0.4, -0.2) is 30.3 Å². The van der Waals surface area contributed by atoms with Gasteiger partial charge in [0.15, 0.2) is 0 Å². The summed E-state index contributed by atoms with van der Waals surface area (Å²) in [5.74, 6) is 1.16. The number of fused-ring (bicyclic) bond motifs is 1. The monoisotopic (exact) mass is 470 g/mol. The van der Waals surface area contributed by atoms with Crippen LogP contribution in [0, 0.1) is 12.4 Å². The van der Waals surface area contributed by atoms with Crippen molar-refractivity contribution in [2.75, 3.05) is 23.8 Å². The van der Waals surface area contributed by atoms with Gasteiger partial charge in [-0.1, -0.05) is 0 Å². The molecule has 1 saturated heterocycles. The van der Waals surface area contributed by atoms with Gasteiger partial charge in [-0.25, -0.2) is 14.0 Å². The van der Waals surface area contributed by atoms with Crippen LogP contribution in [0.15, 0.2) is 72.9 Å². The molecule has 0 saturated carbocycles. The van der Waals surface area contributed by atoms with Gasteiger partial charge in [0.25, 0.3) is 0 Å². The fourth-order valence-electron chi connectivity index (χ4n) is 3.34. The third kappa shape index (κ3) is 5.46. The molecule has 1 fully saturated rings. The first-order valence-corrected chi connectivity index (χ1v) is 10.7. The third-order valence-corrected chi connectivity index (χ3v) is 5.17. The van der Waals surface area contributed by atoms with E-state index < -0.39 is 6.03 Å². The number of hydrogen-bond acceptors (Lipinski definition) is 5. The average Bonchev–Trinajstić information content (AvgIpc) is 3.69. The molecule has 35 heavy (non-hydrogen) atoms. The number of nitrogens with one attached hydrogen (secondary N) is 2. The summed E-state index contributed by atoms with van der Waals surface area (Å²) in [6.07, 6.45) is 1.71.